The lowest BCUT2D eigenvalue weighted by Gasteiger charge is -2.36. The van der Waals surface area contributed by atoms with E-state index in [0.29, 0.717) is 36.1 Å². The topological polar surface area (TPSA) is 89.2 Å². The number of nitriles is 1. The zero-order valence-corrected chi connectivity index (χ0v) is 15.6. The molecule has 1 unspecified atom stereocenters. The summed E-state index contributed by atoms with van der Waals surface area (Å²) in [5, 5.41) is 16.5. The minimum absolute atomic E-state index is 0.156. The second-order valence-electron chi connectivity index (χ2n) is 7.85. The van der Waals surface area contributed by atoms with Gasteiger partial charge in [0.15, 0.2) is 5.69 Å². The SMILES string of the molecule is N#Cc1ccc2c(c1)C[C@@H](NC(=O)c1cc3n(n1)CCC(C1CCC1)O3)CO2. The van der Waals surface area contributed by atoms with Gasteiger partial charge in [-0.3, -0.25) is 4.79 Å². The zero-order valence-electron chi connectivity index (χ0n) is 15.6. The summed E-state index contributed by atoms with van der Waals surface area (Å²) >= 11 is 0. The number of rotatable bonds is 3. The highest BCUT2D eigenvalue weighted by Crippen LogP contribution is 2.36. The van der Waals surface area contributed by atoms with Crippen LogP contribution >= 0.6 is 0 Å². The molecule has 2 atom stereocenters. The molecule has 1 aromatic carbocycles. The fraction of sp³-hybridized carbons (Fsp3) is 0.476. The summed E-state index contributed by atoms with van der Waals surface area (Å²) in [7, 11) is 0. The van der Waals surface area contributed by atoms with E-state index in [0.717, 1.165) is 24.3 Å². The van der Waals surface area contributed by atoms with Crippen molar-refractivity contribution in [2.24, 2.45) is 5.92 Å². The third-order valence-corrected chi connectivity index (χ3v) is 5.98. The lowest BCUT2D eigenvalue weighted by atomic mass is 9.80. The Morgan fingerprint density at radius 2 is 2.18 bits per heavy atom. The Hall–Kier alpha value is -3.01. The fourth-order valence-corrected chi connectivity index (χ4v) is 4.19. The summed E-state index contributed by atoms with van der Waals surface area (Å²) in [5.41, 5.74) is 1.90. The molecule has 0 spiro atoms. The summed E-state index contributed by atoms with van der Waals surface area (Å²) in [5.74, 6) is 1.90. The van der Waals surface area contributed by atoms with E-state index in [1.807, 2.05) is 12.1 Å². The van der Waals surface area contributed by atoms with Gasteiger partial charge in [-0.25, -0.2) is 4.68 Å². The highest BCUT2D eigenvalue weighted by atomic mass is 16.5. The third kappa shape index (κ3) is 3.09. The van der Waals surface area contributed by atoms with Crippen LogP contribution in [0.4, 0.5) is 0 Å². The molecule has 1 fully saturated rings. The minimum Gasteiger partial charge on any atom is -0.491 e. The standard InChI is InChI=1S/C21H22N4O3/c22-11-13-4-5-18-15(8-13)9-16(12-27-18)23-21(26)17-10-20-25(24-17)7-6-19(28-20)14-2-1-3-14/h4-5,8,10,14,16,19H,1-3,6-7,9,12H2,(H,23,26)/t16-,19?/m1/s1. The molecule has 28 heavy (non-hydrogen) atoms. The molecular formula is C21H22N4O3. The van der Waals surface area contributed by atoms with E-state index < -0.39 is 0 Å². The van der Waals surface area contributed by atoms with Gasteiger partial charge < -0.3 is 14.8 Å². The molecule has 144 valence electrons. The zero-order chi connectivity index (χ0) is 19.1. The molecule has 0 bridgehead atoms. The van der Waals surface area contributed by atoms with Crippen molar-refractivity contribution in [2.45, 2.75) is 50.8 Å². The monoisotopic (exact) mass is 378 g/mol. The Balaban J connectivity index is 1.25. The van der Waals surface area contributed by atoms with Crippen LogP contribution in [0.1, 0.15) is 47.3 Å². The number of amides is 1. The summed E-state index contributed by atoms with van der Waals surface area (Å²) in [6.45, 7) is 1.19. The number of carbonyl (C=O) groups is 1. The van der Waals surface area contributed by atoms with E-state index >= 15 is 0 Å². The Bertz CT molecular complexity index is 957. The van der Waals surface area contributed by atoms with Crippen molar-refractivity contribution in [3.05, 3.63) is 41.1 Å². The normalized spacial score (nSPS) is 23.2. The van der Waals surface area contributed by atoms with Gasteiger partial charge in [0, 0.05) is 19.0 Å². The van der Waals surface area contributed by atoms with E-state index in [9.17, 15) is 4.79 Å². The highest BCUT2D eigenvalue weighted by molar-refractivity contribution is 5.92. The number of hydrogen-bond donors (Lipinski definition) is 1. The number of carbonyl (C=O) groups excluding carboxylic acids is 1. The van der Waals surface area contributed by atoms with Gasteiger partial charge in [-0.1, -0.05) is 6.42 Å². The maximum atomic E-state index is 12.7. The summed E-state index contributed by atoms with van der Waals surface area (Å²) < 4.78 is 13.6. The van der Waals surface area contributed by atoms with Crippen LogP contribution in [-0.2, 0) is 13.0 Å². The number of benzene rings is 1. The van der Waals surface area contributed by atoms with Gasteiger partial charge in [0.05, 0.1) is 17.7 Å². The Kier molecular flexibility index (Phi) is 4.19. The van der Waals surface area contributed by atoms with Crippen LogP contribution in [0.3, 0.4) is 0 Å². The smallest absolute Gasteiger partial charge is 0.272 e. The molecule has 7 heteroatoms. The highest BCUT2D eigenvalue weighted by Gasteiger charge is 2.33. The molecule has 5 rings (SSSR count). The van der Waals surface area contributed by atoms with Gasteiger partial charge in [-0.05, 0) is 48.9 Å². The van der Waals surface area contributed by atoms with E-state index in [1.54, 1.807) is 16.8 Å². The fourth-order valence-electron chi connectivity index (χ4n) is 4.19. The molecule has 0 radical (unpaired) electrons. The molecule has 1 aromatic heterocycles. The molecule has 2 aromatic rings. The van der Waals surface area contributed by atoms with Crippen molar-refractivity contribution >= 4 is 5.91 Å². The second kappa shape index (κ2) is 6.86. The van der Waals surface area contributed by atoms with E-state index in [-0.39, 0.29) is 18.1 Å². The van der Waals surface area contributed by atoms with Gasteiger partial charge in [-0.2, -0.15) is 10.4 Å². The van der Waals surface area contributed by atoms with Crippen LogP contribution in [0.5, 0.6) is 11.6 Å². The molecule has 3 heterocycles. The Morgan fingerprint density at radius 3 is 2.96 bits per heavy atom. The van der Waals surface area contributed by atoms with Gasteiger partial charge in [0.25, 0.3) is 5.91 Å². The van der Waals surface area contributed by atoms with Gasteiger partial charge in [0.2, 0.25) is 5.88 Å². The van der Waals surface area contributed by atoms with E-state index in [1.165, 1.54) is 19.3 Å². The van der Waals surface area contributed by atoms with Crippen molar-refractivity contribution in [2.75, 3.05) is 6.61 Å². The molecule has 1 N–H and O–H groups in total. The predicted molar refractivity (Wildman–Crippen MR) is 100 cm³/mol. The molecule has 7 nitrogen and oxygen atoms in total. The van der Waals surface area contributed by atoms with E-state index in [4.69, 9.17) is 14.7 Å². The molecular weight excluding hydrogens is 356 g/mol. The number of nitrogens with zero attached hydrogens (tertiary/aromatic N) is 3. The van der Waals surface area contributed by atoms with Crippen molar-refractivity contribution in [3.63, 3.8) is 0 Å². The number of hydrogen-bond acceptors (Lipinski definition) is 5. The molecule has 2 aliphatic heterocycles. The average Bonchev–Trinajstić information content (AvgIpc) is 3.09. The van der Waals surface area contributed by atoms with Crippen LogP contribution in [0.25, 0.3) is 0 Å². The summed E-state index contributed by atoms with van der Waals surface area (Å²) in [6, 6.07) is 9.09. The van der Waals surface area contributed by atoms with Crippen molar-refractivity contribution < 1.29 is 14.3 Å². The number of ether oxygens (including phenoxy) is 2. The minimum atomic E-state index is -0.223. The number of aryl methyl sites for hydroxylation is 1. The first-order chi connectivity index (χ1) is 13.7. The first-order valence-corrected chi connectivity index (χ1v) is 9.91. The average molecular weight is 378 g/mol. The molecule has 1 amide bonds. The van der Waals surface area contributed by atoms with E-state index in [2.05, 4.69) is 16.5 Å². The first kappa shape index (κ1) is 17.1. The third-order valence-electron chi connectivity index (χ3n) is 5.98. The van der Waals surface area contributed by atoms with Gasteiger partial charge >= 0.3 is 0 Å². The molecule has 0 saturated heterocycles. The summed E-state index contributed by atoms with van der Waals surface area (Å²) in [6.07, 6.45) is 5.61. The van der Waals surface area contributed by atoms with Crippen LogP contribution in [0.2, 0.25) is 0 Å². The van der Waals surface area contributed by atoms with Crippen LogP contribution in [-0.4, -0.2) is 34.4 Å². The maximum absolute atomic E-state index is 12.7. The lowest BCUT2D eigenvalue weighted by molar-refractivity contribution is 0.0437. The first-order valence-electron chi connectivity index (χ1n) is 9.91. The Labute approximate surface area is 163 Å². The van der Waals surface area contributed by atoms with Gasteiger partial charge in [-0.15, -0.1) is 0 Å². The second-order valence-corrected chi connectivity index (χ2v) is 7.85. The quantitative estimate of drug-likeness (QED) is 0.886. The van der Waals surface area contributed by atoms with Crippen LogP contribution in [0.15, 0.2) is 24.3 Å². The van der Waals surface area contributed by atoms with Crippen LogP contribution in [0, 0.1) is 17.2 Å². The Morgan fingerprint density at radius 1 is 1.29 bits per heavy atom. The number of nitrogens with one attached hydrogen (secondary N) is 1. The van der Waals surface area contributed by atoms with Crippen molar-refractivity contribution in [3.8, 4) is 17.7 Å². The van der Waals surface area contributed by atoms with Gasteiger partial charge in [0.1, 0.15) is 18.5 Å². The molecule has 1 aliphatic carbocycles. The maximum Gasteiger partial charge on any atom is 0.272 e. The summed E-state index contributed by atoms with van der Waals surface area (Å²) in [4.78, 5) is 12.7. The van der Waals surface area contributed by atoms with Crippen molar-refractivity contribution in [1.29, 1.82) is 5.26 Å². The van der Waals surface area contributed by atoms with Crippen LogP contribution < -0.4 is 14.8 Å². The lowest BCUT2D eigenvalue weighted by Crippen LogP contribution is -2.42. The largest absolute Gasteiger partial charge is 0.491 e. The predicted octanol–water partition coefficient (Wildman–Crippen LogP) is 2.44. The molecule has 3 aliphatic rings. The van der Waals surface area contributed by atoms with Crippen molar-refractivity contribution in [1.82, 2.24) is 15.1 Å². The number of aromatic nitrogens is 2. The molecule has 1 saturated carbocycles. The number of fused-ring (bicyclic) bond motifs is 2.